The molecular weight excluding hydrogens is 328 g/mol. The van der Waals surface area contributed by atoms with Crippen molar-refractivity contribution in [2.45, 2.75) is 31.7 Å². The van der Waals surface area contributed by atoms with E-state index >= 15 is 0 Å². The fourth-order valence-electron chi connectivity index (χ4n) is 3.40. The highest BCUT2D eigenvalue weighted by molar-refractivity contribution is 9.10. The van der Waals surface area contributed by atoms with Crippen LogP contribution in [-0.4, -0.2) is 31.6 Å². The molecule has 2 atom stereocenters. The van der Waals surface area contributed by atoms with Crippen LogP contribution in [0, 0.1) is 11.8 Å². The van der Waals surface area contributed by atoms with Crippen molar-refractivity contribution < 1.29 is 4.74 Å². The van der Waals surface area contributed by atoms with Crippen molar-refractivity contribution in [2.24, 2.45) is 17.6 Å². The summed E-state index contributed by atoms with van der Waals surface area (Å²) in [7, 11) is 2.19. The van der Waals surface area contributed by atoms with E-state index in [0.29, 0.717) is 12.0 Å². The zero-order chi connectivity index (χ0) is 14.8. The minimum Gasteiger partial charge on any atom is -0.493 e. The van der Waals surface area contributed by atoms with E-state index in [9.17, 15) is 0 Å². The van der Waals surface area contributed by atoms with Crippen molar-refractivity contribution >= 4 is 15.9 Å². The first-order valence-corrected chi connectivity index (χ1v) is 8.78. The fourth-order valence-corrected chi connectivity index (χ4v) is 3.89. The molecule has 3 nitrogen and oxygen atoms in total. The van der Waals surface area contributed by atoms with E-state index < -0.39 is 0 Å². The second-order valence-electron chi connectivity index (χ2n) is 6.62. The molecule has 2 N–H and O–H groups in total. The lowest BCUT2D eigenvalue weighted by Crippen LogP contribution is -2.21. The molecule has 116 valence electrons. The Balaban J connectivity index is 1.71. The van der Waals surface area contributed by atoms with Gasteiger partial charge in [-0.05, 0) is 68.5 Å². The summed E-state index contributed by atoms with van der Waals surface area (Å²) in [6.07, 6.45) is 5.16. The molecule has 2 unspecified atom stereocenters. The fraction of sp³-hybridized carbons (Fsp3) is 0.647. The number of ether oxygens (including phenoxy) is 1. The highest BCUT2D eigenvalue weighted by Crippen LogP contribution is 2.37. The Morgan fingerprint density at radius 3 is 2.71 bits per heavy atom. The molecule has 0 amide bonds. The highest BCUT2D eigenvalue weighted by Gasteiger charge is 2.30. The number of rotatable bonds is 5. The van der Waals surface area contributed by atoms with Crippen molar-refractivity contribution in [2.75, 3.05) is 26.7 Å². The Morgan fingerprint density at radius 1 is 1.29 bits per heavy atom. The van der Waals surface area contributed by atoms with Crippen LogP contribution >= 0.6 is 15.9 Å². The van der Waals surface area contributed by atoms with Crippen LogP contribution in [0.25, 0.3) is 0 Å². The molecule has 3 rings (SSSR count). The van der Waals surface area contributed by atoms with E-state index in [2.05, 4.69) is 46.1 Å². The molecule has 1 saturated heterocycles. The second kappa shape index (κ2) is 6.67. The topological polar surface area (TPSA) is 38.5 Å². The zero-order valence-electron chi connectivity index (χ0n) is 12.7. The van der Waals surface area contributed by atoms with Crippen LogP contribution in [0.3, 0.4) is 0 Å². The number of nitrogens with two attached hydrogens (primary N) is 1. The molecule has 1 heterocycles. The van der Waals surface area contributed by atoms with Gasteiger partial charge in [-0.15, -0.1) is 0 Å². The quantitative estimate of drug-likeness (QED) is 0.879. The third-order valence-electron chi connectivity index (χ3n) is 4.96. The average molecular weight is 353 g/mol. The first kappa shape index (κ1) is 15.3. The third kappa shape index (κ3) is 3.61. The first-order valence-electron chi connectivity index (χ1n) is 7.99. The van der Waals surface area contributed by atoms with Crippen molar-refractivity contribution in [1.82, 2.24) is 4.90 Å². The number of halogens is 1. The predicted molar refractivity (Wildman–Crippen MR) is 89.5 cm³/mol. The Kier molecular flexibility index (Phi) is 4.87. The summed E-state index contributed by atoms with van der Waals surface area (Å²) in [6, 6.07) is 6.97. The summed E-state index contributed by atoms with van der Waals surface area (Å²) < 4.78 is 7.11. The maximum atomic E-state index is 6.01. The summed E-state index contributed by atoms with van der Waals surface area (Å²) in [5.41, 5.74) is 7.18. The molecule has 1 aromatic rings. The third-order valence-corrected chi connectivity index (χ3v) is 5.41. The van der Waals surface area contributed by atoms with Gasteiger partial charge in [0.25, 0.3) is 0 Å². The summed E-state index contributed by atoms with van der Waals surface area (Å²) in [5, 5.41) is 0. The minimum atomic E-state index is 0.460. The van der Waals surface area contributed by atoms with Gasteiger partial charge in [0.2, 0.25) is 0 Å². The Morgan fingerprint density at radius 2 is 2.10 bits per heavy atom. The summed E-state index contributed by atoms with van der Waals surface area (Å²) in [6.45, 7) is 2.73. The van der Waals surface area contributed by atoms with Crippen LogP contribution in [0.5, 0.6) is 5.75 Å². The van der Waals surface area contributed by atoms with Crippen LogP contribution in [0.2, 0.25) is 0 Å². The SMILES string of the molecule is CN1CC(CN)CC1c1cc(Br)cc(OCC2CCC2)c1. The molecule has 1 aliphatic heterocycles. The summed E-state index contributed by atoms with van der Waals surface area (Å²) in [5.74, 6) is 2.37. The van der Waals surface area contributed by atoms with Gasteiger partial charge in [0.1, 0.15) is 5.75 Å². The standard InChI is InChI=1S/C17H25BrN2O/c1-20-10-13(9-19)5-17(20)14-6-15(18)8-16(7-14)21-11-12-3-2-4-12/h6-8,12-13,17H,2-5,9-11,19H2,1H3. The normalized spacial score (nSPS) is 26.8. The van der Waals surface area contributed by atoms with Crippen LogP contribution in [-0.2, 0) is 0 Å². The Bertz CT molecular complexity index is 490. The smallest absolute Gasteiger partial charge is 0.120 e. The second-order valence-corrected chi connectivity index (χ2v) is 7.54. The van der Waals surface area contributed by atoms with Gasteiger partial charge >= 0.3 is 0 Å². The molecule has 4 heteroatoms. The molecule has 2 aliphatic rings. The summed E-state index contributed by atoms with van der Waals surface area (Å²) >= 11 is 3.63. The number of benzene rings is 1. The zero-order valence-corrected chi connectivity index (χ0v) is 14.3. The maximum absolute atomic E-state index is 6.01. The molecule has 2 fully saturated rings. The van der Waals surface area contributed by atoms with Gasteiger partial charge in [-0.3, -0.25) is 4.90 Å². The lowest BCUT2D eigenvalue weighted by atomic mass is 9.86. The van der Waals surface area contributed by atoms with Crippen molar-refractivity contribution in [3.63, 3.8) is 0 Å². The van der Waals surface area contributed by atoms with Crippen molar-refractivity contribution in [1.29, 1.82) is 0 Å². The van der Waals surface area contributed by atoms with Gasteiger partial charge in [-0.25, -0.2) is 0 Å². The number of hydrogen-bond donors (Lipinski definition) is 1. The maximum Gasteiger partial charge on any atom is 0.120 e. The van der Waals surface area contributed by atoms with Gasteiger partial charge < -0.3 is 10.5 Å². The largest absolute Gasteiger partial charge is 0.493 e. The molecule has 0 spiro atoms. The van der Waals surface area contributed by atoms with Gasteiger partial charge in [-0.1, -0.05) is 22.4 Å². The van der Waals surface area contributed by atoms with Crippen LogP contribution in [0.15, 0.2) is 22.7 Å². The van der Waals surface area contributed by atoms with E-state index in [1.54, 1.807) is 0 Å². The van der Waals surface area contributed by atoms with Crippen molar-refractivity contribution in [3.05, 3.63) is 28.2 Å². The Labute approximate surface area is 136 Å². The van der Waals surface area contributed by atoms with E-state index in [1.165, 1.54) is 24.8 Å². The highest BCUT2D eigenvalue weighted by atomic mass is 79.9. The van der Waals surface area contributed by atoms with E-state index in [4.69, 9.17) is 10.5 Å². The van der Waals surface area contributed by atoms with Crippen LogP contribution in [0.4, 0.5) is 0 Å². The van der Waals surface area contributed by atoms with Gasteiger partial charge in [0.05, 0.1) is 6.61 Å². The van der Waals surface area contributed by atoms with Crippen LogP contribution in [0.1, 0.15) is 37.3 Å². The average Bonchev–Trinajstić information content (AvgIpc) is 2.78. The number of hydrogen-bond acceptors (Lipinski definition) is 3. The van der Waals surface area contributed by atoms with Gasteiger partial charge in [0, 0.05) is 17.1 Å². The molecule has 1 aromatic carbocycles. The number of nitrogens with zero attached hydrogens (tertiary/aromatic N) is 1. The van der Waals surface area contributed by atoms with E-state index in [-0.39, 0.29) is 0 Å². The predicted octanol–water partition coefficient (Wildman–Crippen LogP) is 3.58. The van der Waals surface area contributed by atoms with Crippen molar-refractivity contribution in [3.8, 4) is 5.75 Å². The molecule has 1 aliphatic carbocycles. The minimum absolute atomic E-state index is 0.460. The van der Waals surface area contributed by atoms with E-state index in [1.807, 2.05) is 0 Å². The molecular formula is C17H25BrN2O. The van der Waals surface area contributed by atoms with Gasteiger partial charge in [-0.2, -0.15) is 0 Å². The van der Waals surface area contributed by atoms with E-state index in [0.717, 1.165) is 42.3 Å². The van der Waals surface area contributed by atoms with Gasteiger partial charge in [0.15, 0.2) is 0 Å². The molecule has 1 saturated carbocycles. The summed E-state index contributed by atoms with van der Waals surface area (Å²) in [4.78, 5) is 2.41. The van der Waals surface area contributed by atoms with Crippen LogP contribution < -0.4 is 10.5 Å². The molecule has 0 radical (unpaired) electrons. The molecule has 0 bridgehead atoms. The Hall–Kier alpha value is -0.580. The number of likely N-dealkylation sites (tertiary alicyclic amines) is 1. The monoisotopic (exact) mass is 352 g/mol. The molecule has 0 aromatic heterocycles. The first-order chi connectivity index (χ1) is 10.2. The molecule has 21 heavy (non-hydrogen) atoms. The lowest BCUT2D eigenvalue weighted by Gasteiger charge is -2.26. The lowest BCUT2D eigenvalue weighted by molar-refractivity contribution is 0.180.